The Labute approximate surface area is 187 Å². The molecule has 29 heavy (non-hydrogen) atoms. The first-order valence-electron chi connectivity index (χ1n) is 14.3. The summed E-state index contributed by atoms with van der Waals surface area (Å²) in [7, 11) is 0. The van der Waals surface area contributed by atoms with E-state index < -0.39 is 78.4 Å². The van der Waals surface area contributed by atoms with E-state index in [-0.39, 0.29) is 35.7 Å². The molecule has 4 nitrogen and oxygen atoms in total. The molecule has 0 bridgehead atoms. The largest absolute Gasteiger partial charge is 0.478 e. The van der Waals surface area contributed by atoms with Crippen LogP contribution in [0.15, 0.2) is 72.6 Å². The first kappa shape index (κ1) is 10.7. The lowest BCUT2D eigenvalue weighted by Crippen LogP contribution is -2.22. The van der Waals surface area contributed by atoms with Crippen LogP contribution < -0.4 is 5.32 Å². The second-order valence-corrected chi connectivity index (χ2v) is 6.23. The zero-order valence-corrected chi connectivity index (χ0v) is 15.7. The first-order chi connectivity index (χ1) is 18.4. The molecule has 0 aromatic heterocycles. The van der Waals surface area contributed by atoms with Crippen molar-refractivity contribution in [3.8, 4) is 11.1 Å². The molecule has 0 aliphatic heterocycles. The smallest absolute Gasteiger partial charge is 0.335 e. The fraction of sp³-hybridized carbons (Fsp3) is 0.240. The van der Waals surface area contributed by atoms with Gasteiger partial charge in [0.15, 0.2) is 0 Å². The molecule has 150 valence electrons. The van der Waals surface area contributed by atoms with Gasteiger partial charge >= 0.3 is 5.97 Å². The van der Waals surface area contributed by atoms with Gasteiger partial charge in [0.05, 0.1) is 24.0 Å². The molecular formula is C25H27NO3. The van der Waals surface area contributed by atoms with Crippen molar-refractivity contribution in [2.45, 2.75) is 25.8 Å². The number of aliphatic hydroxyl groups is 1. The second-order valence-electron chi connectivity index (χ2n) is 6.23. The van der Waals surface area contributed by atoms with Crippen molar-refractivity contribution in [3.63, 3.8) is 0 Å². The number of hydrogen-bond donors (Lipinski definition) is 3. The van der Waals surface area contributed by atoms with Gasteiger partial charge in [-0.3, -0.25) is 0 Å². The third-order valence-corrected chi connectivity index (χ3v) is 3.96. The summed E-state index contributed by atoms with van der Waals surface area (Å²) in [5.41, 5.74) is -0.687. The van der Waals surface area contributed by atoms with Crippen molar-refractivity contribution in [1.82, 2.24) is 5.32 Å². The van der Waals surface area contributed by atoms with Crippen LogP contribution in [-0.4, -0.2) is 29.3 Å². The van der Waals surface area contributed by atoms with Crippen molar-refractivity contribution in [2.24, 2.45) is 0 Å². The Kier molecular flexibility index (Phi) is 3.70. The van der Waals surface area contributed by atoms with E-state index in [2.05, 4.69) is 5.32 Å². The van der Waals surface area contributed by atoms with Gasteiger partial charge in [-0.1, -0.05) is 66.1 Å². The zero-order valence-electron chi connectivity index (χ0n) is 26.7. The van der Waals surface area contributed by atoms with E-state index in [1.54, 1.807) is 6.07 Å². The van der Waals surface area contributed by atoms with E-state index in [1.807, 2.05) is 0 Å². The van der Waals surface area contributed by atoms with Crippen LogP contribution in [0.4, 0.5) is 0 Å². The molecule has 0 unspecified atom stereocenters. The van der Waals surface area contributed by atoms with Gasteiger partial charge in [0.1, 0.15) is 0 Å². The van der Waals surface area contributed by atoms with Crippen molar-refractivity contribution >= 4 is 5.97 Å². The summed E-state index contributed by atoms with van der Waals surface area (Å²) in [4.78, 5) is 11.6. The van der Waals surface area contributed by atoms with Crippen LogP contribution in [-0.2, 0) is 6.42 Å². The lowest BCUT2D eigenvalue weighted by atomic mass is 9.99. The fourth-order valence-corrected chi connectivity index (χ4v) is 2.58. The fourth-order valence-electron chi connectivity index (χ4n) is 2.58. The van der Waals surface area contributed by atoms with Crippen LogP contribution in [0.3, 0.4) is 0 Å². The van der Waals surface area contributed by atoms with E-state index in [1.165, 1.54) is 25.1 Å². The van der Waals surface area contributed by atoms with Crippen molar-refractivity contribution in [2.75, 3.05) is 13.1 Å². The molecule has 3 rings (SSSR count). The van der Waals surface area contributed by atoms with Crippen LogP contribution in [0.25, 0.3) is 11.1 Å². The van der Waals surface area contributed by atoms with E-state index >= 15 is 0 Å². The Balaban J connectivity index is 1.82. The van der Waals surface area contributed by atoms with Crippen molar-refractivity contribution < 1.29 is 30.1 Å². The summed E-state index contributed by atoms with van der Waals surface area (Å²) >= 11 is 0. The minimum Gasteiger partial charge on any atom is -0.478 e. The molecule has 4 heteroatoms. The third-order valence-electron chi connectivity index (χ3n) is 3.96. The van der Waals surface area contributed by atoms with E-state index in [0.29, 0.717) is 5.56 Å². The number of rotatable bonds is 9. The minimum atomic E-state index is -2.55. The molecule has 3 N–H and O–H groups in total. The lowest BCUT2D eigenvalue weighted by Gasteiger charge is -2.13. The van der Waals surface area contributed by atoms with Crippen molar-refractivity contribution in [1.29, 1.82) is 0 Å². The third kappa shape index (κ3) is 6.01. The summed E-state index contributed by atoms with van der Waals surface area (Å²) in [5, 5.41) is 22.7. The van der Waals surface area contributed by atoms with Gasteiger partial charge in [-0.2, -0.15) is 0 Å². The highest BCUT2D eigenvalue weighted by atomic mass is 16.4. The maximum atomic E-state index is 11.6. The van der Waals surface area contributed by atoms with Gasteiger partial charge in [-0.25, -0.2) is 4.79 Å². The van der Waals surface area contributed by atoms with Gasteiger partial charge in [0, 0.05) is 9.29 Å². The SMILES string of the molecule is [2H]c1c([2H])c(C(=O)O)c([2H])c(-c2cccc(CC([2H])([2H])CNC[C@]([2H])(O)c3c([2H])c([2H])c([2H])c(C)c3[2H])c2)c1[2H]. The number of aryl methyl sites for hydroxylation is 1. The average molecular weight is 401 g/mol. The van der Waals surface area contributed by atoms with E-state index in [4.69, 9.17) is 15.1 Å². The number of aromatic carboxylic acids is 1. The maximum Gasteiger partial charge on any atom is 0.335 e. The van der Waals surface area contributed by atoms with E-state index in [9.17, 15) is 15.0 Å². The van der Waals surface area contributed by atoms with Gasteiger partial charge in [-0.15, -0.1) is 0 Å². The molecule has 0 aliphatic rings. The normalized spacial score (nSPS) is 18.9. The van der Waals surface area contributed by atoms with Crippen LogP contribution >= 0.6 is 0 Å². The molecule has 0 heterocycles. The Hall–Kier alpha value is -2.95. The summed E-state index contributed by atoms with van der Waals surface area (Å²) in [6.45, 7) is 0.432. The number of hydrogen-bond acceptors (Lipinski definition) is 3. The van der Waals surface area contributed by atoms with Gasteiger partial charge < -0.3 is 15.5 Å². The highest BCUT2D eigenvalue weighted by Crippen LogP contribution is 2.22. The van der Waals surface area contributed by atoms with Crippen LogP contribution in [0, 0.1) is 6.92 Å². The highest BCUT2D eigenvalue weighted by Gasteiger charge is 2.07. The summed E-state index contributed by atoms with van der Waals surface area (Å²) in [6, 6.07) is 1.67. The Morgan fingerprint density at radius 3 is 2.86 bits per heavy atom. The molecule has 0 saturated heterocycles. The summed E-state index contributed by atoms with van der Waals surface area (Å²) in [6.07, 6.45) is -4.72. The number of carbonyl (C=O) groups is 1. The quantitative estimate of drug-likeness (QED) is 0.490. The Morgan fingerprint density at radius 1 is 1.21 bits per heavy atom. The number of nitrogens with one attached hydrogen (secondary N) is 1. The summed E-state index contributed by atoms with van der Waals surface area (Å²) < 4.78 is 89.1. The van der Waals surface area contributed by atoms with Crippen molar-refractivity contribution in [3.05, 3.63) is 94.9 Å². The predicted octanol–water partition coefficient (Wildman–Crippen LogP) is 4.62. The highest BCUT2D eigenvalue weighted by molar-refractivity contribution is 5.89. The number of benzene rings is 3. The topological polar surface area (TPSA) is 69.6 Å². The van der Waals surface area contributed by atoms with Gasteiger partial charge in [0.25, 0.3) is 0 Å². The second kappa shape index (κ2) is 10.0. The molecular weight excluding hydrogens is 362 g/mol. The van der Waals surface area contributed by atoms with Crippen LogP contribution in [0.1, 0.15) is 54.6 Å². The predicted molar refractivity (Wildman–Crippen MR) is 116 cm³/mol. The first-order valence-corrected chi connectivity index (χ1v) is 8.84. The molecule has 0 radical (unpaired) electrons. The molecule has 1 atom stereocenters. The Bertz CT molecular complexity index is 1460. The molecule has 0 aliphatic carbocycles. The molecule has 3 aromatic rings. The molecule has 0 fully saturated rings. The standard InChI is InChI=1S/C25H27NO3/c1-18-6-2-11-22(14-18)24(27)17-26-13-5-8-19-7-3-9-20(15-19)21-10-4-12-23(16-21)25(28)29/h2-4,6-7,9-12,14-16,24,26-27H,5,8,13,17H2,1H3,(H,28,29)/t24-/m0/s1/i2D,4D,5D2,6D,10D,11D,12D,14D,16D,24D. The molecule has 3 aromatic carbocycles. The van der Waals surface area contributed by atoms with Crippen LogP contribution in [0.5, 0.6) is 0 Å². The van der Waals surface area contributed by atoms with Gasteiger partial charge in [0.2, 0.25) is 0 Å². The Morgan fingerprint density at radius 2 is 2.03 bits per heavy atom. The molecule has 0 saturated carbocycles. The molecule has 0 spiro atoms. The number of carboxylic acid groups (broad SMARTS) is 1. The monoisotopic (exact) mass is 400 g/mol. The minimum absolute atomic E-state index is 0.0361. The molecule has 0 amide bonds. The summed E-state index contributed by atoms with van der Waals surface area (Å²) in [5.74, 6) is -1.57. The van der Waals surface area contributed by atoms with Crippen LogP contribution in [0.2, 0.25) is 0 Å². The number of carboxylic acids is 1. The van der Waals surface area contributed by atoms with Gasteiger partial charge in [-0.05, 0) is 60.6 Å². The zero-order chi connectivity index (χ0) is 30.3. The lowest BCUT2D eigenvalue weighted by molar-refractivity contribution is 0.0697. The van der Waals surface area contributed by atoms with E-state index in [0.717, 1.165) is 0 Å². The maximum absolute atomic E-state index is 11.6. The average Bonchev–Trinajstić information content (AvgIpc) is 2.84.